The number of aliphatic imine (C=N–C) groups is 2. The van der Waals surface area contributed by atoms with E-state index in [2.05, 4.69) is 9.98 Å². The molecule has 148 valence electrons. The maximum Gasteiger partial charge on any atom is 0.303 e. The van der Waals surface area contributed by atoms with Crippen molar-refractivity contribution in [1.82, 2.24) is 0 Å². The highest BCUT2D eigenvalue weighted by Crippen LogP contribution is 2.48. The van der Waals surface area contributed by atoms with Crippen LogP contribution in [0.5, 0.6) is 5.75 Å². The number of ether oxygens (including phenoxy) is 1. The fourth-order valence-corrected chi connectivity index (χ4v) is 3.52. The summed E-state index contributed by atoms with van der Waals surface area (Å²) in [4.78, 5) is 20.0. The molecule has 0 bridgehead atoms. The van der Waals surface area contributed by atoms with Gasteiger partial charge in [-0.15, -0.1) is 0 Å². The quantitative estimate of drug-likeness (QED) is 0.452. The maximum atomic E-state index is 14.0. The molecule has 29 heavy (non-hydrogen) atoms. The van der Waals surface area contributed by atoms with Gasteiger partial charge in [-0.3, -0.25) is 10.2 Å². The number of primary amides is 1. The Balaban J connectivity index is 1.57. The number of halogens is 1. The number of para-hydroxylation sites is 1. The summed E-state index contributed by atoms with van der Waals surface area (Å²) in [6, 6.07) is 9.81. The van der Waals surface area contributed by atoms with Crippen molar-refractivity contribution < 1.29 is 19.2 Å². The normalized spacial score (nSPS) is 21.3. The van der Waals surface area contributed by atoms with Gasteiger partial charge < -0.3 is 16.2 Å². The van der Waals surface area contributed by atoms with Crippen LogP contribution in [0, 0.1) is 17.1 Å². The van der Waals surface area contributed by atoms with Gasteiger partial charge in [0.25, 0.3) is 5.91 Å². The third-order valence-electron chi connectivity index (χ3n) is 5.09. The Morgan fingerprint density at radius 1 is 1.38 bits per heavy atom. The molecule has 7 N–H and O–H groups in total. The van der Waals surface area contributed by atoms with Crippen LogP contribution in [0.3, 0.4) is 0 Å². The molecule has 2 aromatic rings. The van der Waals surface area contributed by atoms with Crippen LogP contribution in [0.4, 0.5) is 10.1 Å². The van der Waals surface area contributed by atoms with E-state index in [1.54, 1.807) is 24.6 Å². The van der Waals surface area contributed by atoms with Gasteiger partial charge in [-0.2, -0.15) is 9.98 Å². The van der Waals surface area contributed by atoms with Crippen molar-refractivity contribution >= 4 is 29.2 Å². The molecule has 4 rings (SSSR count). The summed E-state index contributed by atoms with van der Waals surface area (Å²) in [5.74, 6) is -0.0316. The molecular weight excluding hydrogens is 375 g/mol. The van der Waals surface area contributed by atoms with E-state index in [0.29, 0.717) is 23.7 Å². The van der Waals surface area contributed by atoms with Crippen molar-refractivity contribution in [1.29, 1.82) is 5.41 Å². The van der Waals surface area contributed by atoms with Crippen molar-refractivity contribution in [3.63, 3.8) is 0 Å². The number of nitrogens with one attached hydrogen (secondary N) is 1. The molecule has 0 saturated heterocycles. The minimum atomic E-state index is -0.804. The molecule has 2 atom stereocenters. The molecule has 2 unspecified atom stereocenters. The Morgan fingerprint density at radius 3 is 2.86 bits per heavy atom. The number of fused-ring (bicyclic) bond motifs is 1. The molecule has 8 nitrogen and oxygen atoms in total. The number of guanidine groups is 1. The van der Waals surface area contributed by atoms with E-state index in [9.17, 15) is 9.18 Å². The first-order valence-electron chi connectivity index (χ1n) is 9.01. The molecule has 1 saturated carbocycles. The number of carbonyl (C=O) groups is 1. The lowest BCUT2D eigenvalue weighted by Crippen LogP contribution is -2.95. The molecule has 0 radical (unpaired) electrons. The van der Waals surface area contributed by atoms with Gasteiger partial charge in [0.15, 0.2) is 0 Å². The van der Waals surface area contributed by atoms with Crippen molar-refractivity contribution in [2.75, 3.05) is 7.11 Å². The van der Waals surface area contributed by atoms with E-state index in [1.807, 2.05) is 12.1 Å². The van der Waals surface area contributed by atoms with Crippen LogP contribution < -0.4 is 21.5 Å². The molecule has 1 fully saturated rings. The summed E-state index contributed by atoms with van der Waals surface area (Å²) in [6.45, 7) is 0. The third kappa shape index (κ3) is 3.47. The molecule has 1 amide bonds. The molecular formula is C20H20FN6O2+. The fourth-order valence-electron chi connectivity index (χ4n) is 3.52. The second-order valence-corrected chi connectivity index (χ2v) is 6.97. The monoisotopic (exact) mass is 395 g/mol. The van der Waals surface area contributed by atoms with Crippen molar-refractivity contribution in [2.45, 2.75) is 12.3 Å². The first-order valence-corrected chi connectivity index (χ1v) is 9.01. The smallest absolute Gasteiger partial charge is 0.303 e. The zero-order valence-electron chi connectivity index (χ0n) is 15.6. The summed E-state index contributed by atoms with van der Waals surface area (Å²) < 4.78 is 19.4. The van der Waals surface area contributed by atoms with Crippen LogP contribution in [-0.2, 0) is 0 Å². The number of methoxy groups -OCH3 is 1. The molecule has 2 aromatic carbocycles. The van der Waals surface area contributed by atoms with E-state index in [-0.39, 0.29) is 29.2 Å². The van der Waals surface area contributed by atoms with Crippen LogP contribution in [0.1, 0.15) is 33.8 Å². The van der Waals surface area contributed by atoms with Gasteiger partial charge in [-0.1, -0.05) is 12.1 Å². The Bertz CT molecular complexity index is 1090. The number of rotatable bonds is 4. The zero-order chi connectivity index (χ0) is 20.7. The summed E-state index contributed by atoms with van der Waals surface area (Å²) >= 11 is 0. The van der Waals surface area contributed by atoms with Gasteiger partial charge in [0.2, 0.25) is 5.84 Å². The molecule has 0 spiro atoms. The number of amidine groups is 2. The Hall–Kier alpha value is -3.59. The third-order valence-corrected chi connectivity index (χ3v) is 5.09. The lowest BCUT2D eigenvalue weighted by molar-refractivity contribution is -0.409. The van der Waals surface area contributed by atoms with E-state index in [1.165, 1.54) is 12.1 Å². The number of carbonyl (C=O) groups excluding carboxylic acids is 1. The van der Waals surface area contributed by atoms with Crippen molar-refractivity contribution in [3.05, 3.63) is 58.9 Å². The largest absolute Gasteiger partial charge is 0.494 e. The second-order valence-electron chi connectivity index (χ2n) is 6.97. The summed E-state index contributed by atoms with van der Waals surface area (Å²) in [5.41, 5.74) is 13.0. The van der Waals surface area contributed by atoms with E-state index < -0.39 is 11.7 Å². The van der Waals surface area contributed by atoms with Gasteiger partial charge in [-0.25, -0.2) is 9.71 Å². The minimum Gasteiger partial charge on any atom is -0.494 e. The average Bonchev–Trinajstić information content (AvgIpc) is 3.48. The molecule has 9 heteroatoms. The Morgan fingerprint density at radius 2 is 2.17 bits per heavy atom. The highest BCUT2D eigenvalue weighted by atomic mass is 19.1. The minimum absolute atomic E-state index is 0.0253. The van der Waals surface area contributed by atoms with Gasteiger partial charge in [0, 0.05) is 5.92 Å². The molecule has 1 aliphatic heterocycles. The van der Waals surface area contributed by atoms with Gasteiger partial charge >= 0.3 is 5.96 Å². The molecule has 0 aromatic heterocycles. The molecule has 2 aliphatic rings. The van der Waals surface area contributed by atoms with Gasteiger partial charge in [-0.05, 0) is 42.2 Å². The van der Waals surface area contributed by atoms with Crippen LogP contribution in [0.2, 0.25) is 0 Å². The number of nitrogens with two attached hydrogens (primary N) is 3. The lowest BCUT2D eigenvalue weighted by Gasteiger charge is -2.14. The van der Waals surface area contributed by atoms with Gasteiger partial charge in [0.05, 0.1) is 18.2 Å². The Kier molecular flexibility index (Phi) is 4.59. The van der Waals surface area contributed by atoms with Crippen molar-refractivity contribution in [3.8, 4) is 5.75 Å². The average molecular weight is 395 g/mol. The zero-order valence-corrected chi connectivity index (χ0v) is 15.6. The highest BCUT2D eigenvalue weighted by Gasteiger charge is 2.43. The van der Waals surface area contributed by atoms with Crippen LogP contribution in [0.25, 0.3) is 0 Å². The van der Waals surface area contributed by atoms with Crippen LogP contribution in [-0.4, -0.2) is 30.6 Å². The number of hydrogen-bond acceptors (Lipinski definition) is 5. The summed E-state index contributed by atoms with van der Waals surface area (Å²) in [6.07, 6.45) is 0.680. The summed E-state index contributed by atoms with van der Waals surface area (Å²) in [5, 5.41) is 10.0. The highest BCUT2D eigenvalue weighted by molar-refractivity contribution is 6.09. The number of hydrogen-bond donors (Lipinski definition) is 4. The summed E-state index contributed by atoms with van der Waals surface area (Å²) in [7, 11) is 1.55. The SMILES string of the molecule is COc1cccc2c1N=C(N)[NH2+]C2=NC(=N)C1CC1c1ccc(C(N)=O)c(F)c1. The number of amides is 1. The van der Waals surface area contributed by atoms with Crippen LogP contribution >= 0.6 is 0 Å². The Labute approximate surface area is 166 Å². The maximum absolute atomic E-state index is 14.0. The second kappa shape index (κ2) is 7.10. The fraction of sp³-hybridized carbons (Fsp3) is 0.200. The number of benzene rings is 2. The first-order chi connectivity index (χ1) is 13.9. The predicted octanol–water partition coefficient (Wildman–Crippen LogP) is 0.984. The van der Waals surface area contributed by atoms with E-state index in [0.717, 1.165) is 11.1 Å². The topological polar surface area (TPSA) is 144 Å². The van der Waals surface area contributed by atoms with Crippen LogP contribution in [0.15, 0.2) is 46.4 Å². The first kappa shape index (κ1) is 18.8. The lowest BCUT2D eigenvalue weighted by atomic mass is 10.1. The number of quaternary nitrogens is 1. The predicted molar refractivity (Wildman–Crippen MR) is 106 cm³/mol. The van der Waals surface area contributed by atoms with E-state index >= 15 is 0 Å². The number of nitrogens with zero attached hydrogens (tertiary/aromatic N) is 2. The van der Waals surface area contributed by atoms with Gasteiger partial charge in [0.1, 0.15) is 23.1 Å². The molecule has 1 aliphatic carbocycles. The van der Waals surface area contributed by atoms with E-state index in [4.69, 9.17) is 21.6 Å². The standard InChI is InChI=1S/C20H19FN6O2/c1-29-15-4-2-3-11-16(15)25-20(24)27-19(11)26-17(22)13-8-12(13)9-5-6-10(18(23)28)14(21)7-9/h2-7,12-13H,8H2,1H3,(H2,23,28)(H4,22,24,25,26,27)/p+1. The van der Waals surface area contributed by atoms with Crippen molar-refractivity contribution in [2.24, 2.45) is 27.4 Å². The molecule has 1 heterocycles.